The Balaban J connectivity index is 3.09. The summed E-state index contributed by atoms with van der Waals surface area (Å²) in [7, 11) is 0. The molecule has 4 nitrogen and oxygen atoms in total. The monoisotopic (exact) mass is 239 g/mol. The minimum atomic E-state index is -1.02. The van der Waals surface area contributed by atoms with Gasteiger partial charge in [0.15, 0.2) is 0 Å². The molecule has 16 heavy (non-hydrogen) atoms. The smallest absolute Gasteiger partial charge is 0.338 e. The topological polar surface area (TPSA) is 66.4 Å². The van der Waals surface area contributed by atoms with E-state index in [1.807, 2.05) is 6.92 Å². The van der Waals surface area contributed by atoms with Crippen LogP contribution in [0.5, 0.6) is 0 Å². The molecular formula is C11H13NO3S. The Bertz CT molecular complexity index is 460. The van der Waals surface area contributed by atoms with E-state index >= 15 is 0 Å². The normalized spacial score (nSPS) is 10.7. The van der Waals surface area contributed by atoms with Gasteiger partial charge in [0.25, 0.3) is 0 Å². The molecule has 0 aliphatic rings. The molecule has 0 aliphatic heterocycles. The summed E-state index contributed by atoms with van der Waals surface area (Å²) in [5.41, 5.74) is 0.883. The van der Waals surface area contributed by atoms with Crippen LogP contribution in [0.4, 0.5) is 5.00 Å². The van der Waals surface area contributed by atoms with Crippen LogP contribution in [0.3, 0.4) is 0 Å². The maximum absolute atomic E-state index is 11.3. The predicted molar refractivity (Wildman–Crippen MR) is 64.2 cm³/mol. The molecule has 1 amide bonds. The van der Waals surface area contributed by atoms with E-state index in [2.05, 4.69) is 5.32 Å². The summed E-state index contributed by atoms with van der Waals surface area (Å²) in [6.07, 6.45) is 2.96. The van der Waals surface area contributed by atoms with Crippen molar-refractivity contribution in [2.75, 3.05) is 5.32 Å². The second-order valence-electron chi connectivity index (χ2n) is 3.28. The van der Waals surface area contributed by atoms with Gasteiger partial charge in [0.1, 0.15) is 5.00 Å². The second kappa shape index (κ2) is 4.94. The third kappa shape index (κ3) is 2.49. The first-order chi connectivity index (χ1) is 7.47. The Labute approximate surface area is 97.6 Å². The van der Waals surface area contributed by atoms with E-state index in [0.717, 1.165) is 4.88 Å². The van der Waals surface area contributed by atoms with E-state index in [1.165, 1.54) is 17.4 Å². The van der Waals surface area contributed by atoms with Crippen molar-refractivity contribution in [1.29, 1.82) is 0 Å². The number of anilines is 1. The minimum Gasteiger partial charge on any atom is -0.478 e. The van der Waals surface area contributed by atoms with Crippen LogP contribution < -0.4 is 5.32 Å². The third-order valence-electron chi connectivity index (χ3n) is 2.15. The molecule has 0 aromatic carbocycles. The van der Waals surface area contributed by atoms with Crippen LogP contribution in [0.1, 0.15) is 27.7 Å². The fourth-order valence-electron chi connectivity index (χ4n) is 1.28. The summed E-state index contributed by atoms with van der Waals surface area (Å²) >= 11 is 1.28. The van der Waals surface area contributed by atoms with E-state index in [-0.39, 0.29) is 11.5 Å². The van der Waals surface area contributed by atoms with Crippen LogP contribution in [0.2, 0.25) is 0 Å². The molecule has 0 saturated heterocycles. The predicted octanol–water partition coefficient (Wildman–Crippen LogP) is 2.58. The number of nitrogens with one attached hydrogen (secondary N) is 1. The largest absolute Gasteiger partial charge is 0.478 e. The van der Waals surface area contributed by atoms with E-state index in [4.69, 9.17) is 5.11 Å². The van der Waals surface area contributed by atoms with Gasteiger partial charge in [-0.1, -0.05) is 6.08 Å². The molecule has 0 unspecified atom stereocenters. The van der Waals surface area contributed by atoms with Crippen LogP contribution >= 0.6 is 11.3 Å². The Morgan fingerprint density at radius 1 is 1.38 bits per heavy atom. The van der Waals surface area contributed by atoms with Crippen molar-refractivity contribution >= 4 is 28.2 Å². The van der Waals surface area contributed by atoms with Crippen molar-refractivity contribution in [2.45, 2.75) is 20.8 Å². The van der Waals surface area contributed by atoms with Crippen LogP contribution in [0, 0.1) is 13.8 Å². The Kier molecular flexibility index (Phi) is 3.84. The highest BCUT2D eigenvalue weighted by Crippen LogP contribution is 2.32. The number of carbonyl (C=O) groups is 2. The minimum absolute atomic E-state index is 0.181. The zero-order valence-electron chi connectivity index (χ0n) is 9.33. The molecule has 1 heterocycles. The molecule has 1 rings (SSSR count). The van der Waals surface area contributed by atoms with Gasteiger partial charge in [0.05, 0.1) is 5.56 Å². The third-order valence-corrected chi connectivity index (χ3v) is 3.28. The number of thiophene rings is 1. The van der Waals surface area contributed by atoms with E-state index in [1.54, 1.807) is 19.9 Å². The fourth-order valence-corrected chi connectivity index (χ4v) is 2.33. The van der Waals surface area contributed by atoms with Gasteiger partial charge in [-0.2, -0.15) is 0 Å². The molecule has 1 aromatic rings. The maximum atomic E-state index is 11.3. The lowest BCUT2D eigenvalue weighted by molar-refractivity contribution is -0.111. The van der Waals surface area contributed by atoms with Crippen molar-refractivity contribution in [1.82, 2.24) is 0 Å². The number of aryl methyl sites for hydroxylation is 1. The molecule has 0 saturated carbocycles. The SMILES string of the molecule is CC=CC(=O)Nc1sc(C)c(C)c1C(=O)O. The van der Waals surface area contributed by atoms with Crippen LogP contribution in [0.25, 0.3) is 0 Å². The maximum Gasteiger partial charge on any atom is 0.338 e. The molecule has 2 N–H and O–H groups in total. The molecule has 0 aliphatic carbocycles. The molecular weight excluding hydrogens is 226 g/mol. The zero-order valence-corrected chi connectivity index (χ0v) is 10.1. The van der Waals surface area contributed by atoms with E-state index < -0.39 is 5.97 Å². The molecule has 0 spiro atoms. The highest BCUT2D eigenvalue weighted by molar-refractivity contribution is 7.16. The van der Waals surface area contributed by atoms with Gasteiger partial charge in [-0.05, 0) is 32.4 Å². The van der Waals surface area contributed by atoms with Crippen molar-refractivity contribution in [3.8, 4) is 0 Å². The summed E-state index contributed by atoms with van der Waals surface area (Å²) in [4.78, 5) is 23.3. The number of carboxylic acid groups (broad SMARTS) is 1. The van der Waals surface area contributed by atoms with Crippen molar-refractivity contribution in [3.63, 3.8) is 0 Å². The average Bonchev–Trinajstić information content (AvgIpc) is 2.42. The summed E-state index contributed by atoms with van der Waals surface area (Å²) in [6.45, 7) is 5.29. The summed E-state index contributed by atoms with van der Waals surface area (Å²) in [5.74, 6) is -1.33. The number of amides is 1. The molecule has 5 heteroatoms. The highest BCUT2D eigenvalue weighted by atomic mass is 32.1. The standard InChI is InChI=1S/C11H13NO3S/c1-4-5-8(13)12-10-9(11(14)15)6(2)7(3)16-10/h4-5H,1-3H3,(H,12,13)(H,14,15). The number of carboxylic acids is 1. The Hall–Kier alpha value is -1.62. The number of hydrogen-bond acceptors (Lipinski definition) is 3. The molecule has 0 fully saturated rings. The first-order valence-corrected chi connectivity index (χ1v) is 5.56. The highest BCUT2D eigenvalue weighted by Gasteiger charge is 2.19. The average molecular weight is 239 g/mol. The Morgan fingerprint density at radius 3 is 2.50 bits per heavy atom. The summed E-state index contributed by atoms with van der Waals surface area (Å²) in [6, 6.07) is 0. The first-order valence-electron chi connectivity index (χ1n) is 4.74. The second-order valence-corrected chi connectivity index (χ2v) is 4.51. The number of allylic oxidation sites excluding steroid dienone is 1. The van der Waals surface area contributed by atoms with Crippen molar-refractivity contribution < 1.29 is 14.7 Å². The number of carbonyl (C=O) groups excluding carboxylic acids is 1. The van der Waals surface area contributed by atoms with Crippen molar-refractivity contribution in [3.05, 3.63) is 28.2 Å². The van der Waals surface area contributed by atoms with Gasteiger partial charge in [0.2, 0.25) is 5.91 Å². The fraction of sp³-hybridized carbons (Fsp3) is 0.273. The lowest BCUT2D eigenvalue weighted by Crippen LogP contribution is -2.10. The molecule has 0 bridgehead atoms. The molecule has 1 aromatic heterocycles. The zero-order chi connectivity index (χ0) is 12.3. The first kappa shape index (κ1) is 12.4. The van der Waals surface area contributed by atoms with Gasteiger partial charge in [0, 0.05) is 4.88 Å². The van der Waals surface area contributed by atoms with E-state index in [9.17, 15) is 9.59 Å². The summed E-state index contributed by atoms with van der Waals surface area (Å²) in [5, 5.41) is 12.0. The Morgan fingerprint density at radius 2 is 2.00 bits per heavy atom. The molecule has 0 radical (unpaired) electrons. The van der Waals surface area contributed by atoms with Gasteiger partial charge >= 0.3 is 5.97 Å². The van der Waals surface area contributed by atoms with Crippen molar-refractivity contribution in [2.24, 2.45) is 0 Å². The van der Waals surface area contributed by atoms with E-state index in [0.29, 0.717) is 10.6 Å². The van der Waals surface area contributed by atoms with Gasteiger partial charge < -0.3 is 10.4 Å². The van der Waals surface area contributed by atoms with Crippen LogP contribution in [-0.2, 0) is 4.79 Å². The number of hydrogen-bond donors (Lipinski definition) is 2. The van der Waals surface area contributed by atoms with Crippen LogP contribution in [0.15, 0.2) is 12.2 Å². The quantitative estimate of drug-likeness (QED) is 0.797. The lowest BCUT2D eigenvalue weighted by Gasteiger charge is -2.00. The molecule has 86 valence electrons. The van der Waals surface area contributed by atoms with Gasteiger partial charge in [-0.25, -0.2) is 4.79 Å². The summed E-state index contributed by atoms with van der Waals surface area (Å²) < 4.78 is 0. The van der Waals surface area contributed by atoms with Gasteiger partial charge in [-0.3, -0.25) is 4.79 Å². The van der Waals surface area contributed by atoms with Crippen LogP contribution in [-0.4, -0.2) is 17.0 Å². The lowest BCUT2D eigenvalue weighted by atomic mass is 10.1. The number of rotatable bonds is 3. The van der Waals surface area contributed by atoms with Gasteiger partial charge in [-0.15, -0.1) is 11.3 Å². The molecule has 0 atom stereocenters. The number of aromatic carboxylic acids is 1.